The molecule has 0 bridgehead atoms. The Morgan fingerprint density at radius 1 is 1.30 bits per heavy atom. The van der Waals surface area contributed by atoms with E-state index in [0.29, 0.717) is 10.6 Å². The van der Waals surface area contributed by atoms with Crippen LogP contribution in [0.4, 0.5) is 5.69 Å². The van der Waals surface area contributed by atoms with Gasteiger partial charge in [0.15, 0.2) is 0 Å². The molecule has 1 fully saturated rings. The Hall–Kier alpha value is -1.36. The maximum Gasteiger partial charge on any atom is 0.238 e. The molecule has 2 atom stereocenters. The van der Waals surface area contributed by atoms with Crippen LogP contribution in [0.25, 0.3) is 0 Å². The number of benzene rings is 1. The zero-order valence-corrected chi connectivity index (χ0v) is 12.9. The average molecular weight is 294 g/mol. The van der Waals surface area contributed by atoms with Gasteiger partial charge < -0.3 is 10.6 Å². The number of aryl methyl sites for hydroxylation is 1. The minimum atomic E-state index is -1.40. The largest absolute Gasteiger partial charge is 0.398 e. The third-order valence-electron chi connectivity index (χ3n) is 3.72. The van der Waals surface area contributed by atoms with E-state index < -0.39 is 16.0 Å². The molecule has 0 aliphatic carbocycles. The van der Waals surface area contributed by atoms with Crippen molar-refractivity contribution in [3.05, 3.63) is 23.8 Å². The van der Waals surface area contributed by atoms with Gasteiger partial charge in [0.2, 0.25) is 5.91 Å². The molecular weight excluding hydrogens is 272 g/mol. The summed E-state index contributed by atoms with van der Waals surface area (Å²) in [5.41, 5.74) is 7.38. The molecule has 1 saturated heterocycles. The molecule has 4 nitrogen and oxygen atoms in total. The van der Waals surface area contributed by atoms with Crippen molar-refractivity contribution in [2.45, 2.75) is 43.3 Å². The first kappa shape index (κ1) is 15.0. The van der Waals surface area contributed by atoms with E-state index in [1.807, 2.05) is 24.0 Å². The quantitative estimate of drug-likeness (QED) is 0.868. The van der Waals surface area contributed by atoms with Gasteiger partial charge in [-0.05, 0) is 50.8 Å². The van der Waals surface area contributed by atoms with Crippen LogP contribution in [-0.2, 0) is 15.6 Å². The molecule has 1 amide bonds. The summed E-state index contributed by atoms with van der Waals surface area (Å²) >= 11 is 0. The summed E-state index contributed by atoms with van der Waals surface area (Å²) in [7, 11) is -1.40. The Kier molecular flexibility index (Phi) is 4.81. The van der Waals surface area contributed by atoms with Gasteiger partial charge in [0, 0.05) is 18.8 Å². The Morgan fingerprint density at radius 3 is 2.60 bits per heavy atom. The second-order valence-corrected chi connectivity index (χ2v) is 7.11. The lowest BCUT2D eigenvalue weighted by atomic mass is 10.1. The number of hydrogen-bond acceptors (Lipinski definition) is 3. The summed E-state index contributed by atoms with van der Waals surface area (Å²) in [5, 5.41) is -0.544. The predicted octanol–water partition coefficient (Wildman–Crippen LogP) is 2.09. The van der Waals surface area contributed by atoms with Crippen molar-refractivity contribution >= 4 is 22.4 Å². The first-order valence-electron chi connectivity index (χ1n) is 7.06. The molecule has 0 aromatic heterocycles. The van der Waals surface area contributed by atoms with E-state index in [0.717, 1.165) is 31.5 Å². The van der Waals surface area contributed by atoms with Gasteiger partial charge >= 0.3 is 0 Å². The molecule has 1 aromatic carbocycles. The maximum absolute atomic E-state index is 12.6. The zero-order chi connectivity index (χ0) is 14.7. The van der Waals surface area contributed by atoms with Gasteiger partial charge in [-0.1, -0.05) is 6.07 Å². The van der Waals surface area contributed by atoms with Gasteiger partial charge in [0.1, 0.15) is 5.25 Å². The molecule has 1 aromatic rings. The standard InChI is InChI=1S/C15H22N2O2S/c1-11-6-7-13(16)14(10-11)20(19)12(2)15(18)17-8-4-3-5-9-17/h6-7,10,12H,3-5,8-9,16H2,1-2H3. The van der Waals surface area contributed by atoms with Crippen LogP contribution < -0.4 is 5.73 Å². The normalized spacial score (nSPS) is 18.6. The summed E-state index contributed by atoms with van der Waals surface area (Å²) in [6.07, 6.45) is 3.25. The smallest absolute Gasteiger partial charge is 0.238 e. The zero-order valence-electron chi connectivity index (χ0n) is 12.1. The average Bonchev–Trinajstić information content (AvgIpc) is 2.48. The van der Waals surface area contributed by atoms with E-state index in [4.69, 9.17) is 5.73 Å². The van der Waals surface area contributed by atoms with E-state index in [2.05, 4.69) is 0 Å². The fourth-order valence-electron chi connectivity index (χ4n) is 2.47. The van der Waals surface area contributed by atoms with Gasteiger partial charge in [-0.3, -0.25) is 9.00 Å². The highest BCUT2D eigenvalue weighted by Crippen LogP contribution is 2.22. The van der Waals surface area contributed by atoms with E-state index in [-0.39, 0.29) is 5.91 Å². The number of nitrogens with zero attached hydrogens (tertiary/aromatic N) is 1. The molecule has 20 heavy (non-hydrogen) atoms. The van der Waals surface area contributed by atoms with Crippen LogP contribution in [0.1, 0.15) is 31.7 Å². The highest BCUT2D eigenvalue weighted by molar-refractivity contribution is 7.86. The molecule has 2 N–H and O–H groups in total. The fraction of sp³-hybridized carbons (Fsp3) is 0.533. The summed E-state index contributed by atoms with van der Waals surface area (Å²) < 4.78 is 12.6. The number of rotatable bonds is 3. The third-order valence-corrected chi connectivity index (χ3v) is 5.35. The van der Waals surface area contributed by atoms with Crippen molar-refractivity contribution in [1.82, 2.24) is 4.90 Å². The van der Waals surface area contributed by atoms with Crippen LogP contribution >= 0.6 is 0 Å². The highest BCUT2D eigenvalue weighted by Gasteiger charge is 2.28. The van der Waals surface area contributed by atoms with Crippen LogP contribution in [0, 0.1) is 6.92 Å². The van der Waals surface area contributed by atoms with Gasteiger partial charge in [-0.15, -0.1) is 0 Å². The Labute approximate surface area is 122 Å². The Balaban J connectivity index is 2.15. The molecule has 0 saturated carbocycles. The topological polar surface area (TPSA) is 63.4 Å². The van der Waals surface area contributed by atoms with Crippen LogP contribution in [0.15, 0.2) is 23.1 Å². The number of nitrogens with two attached hydrogens (primary N) is 1. The monoisotopic (exact) mass is 294 g/mol. The Morgan fingerprint density at radius 2 is 1.95 bits per heavy atom. The molecule has 1 aliphatic rings. The van der Waals surface area contributed by atoms with Crippen molar-refractivity contribution in [1.29, 1.82) is 0 Å². The second kappa shape index (κ2) is 6.39. The number of hydrogen-bond donors (Lipinski definition) is 1. The van der Waals surface area contributed by atoms with Crippen LogP contribution in [0.3, 0.4) is 0 Å². The molecule has 5 heteroatoms. The number of piperidine rings is 1. The van der Waals surface area contributed by atoms with Gasteiger partial charge in [-0.25, -0.2) is 0 Å². The molecule has 1 heterocycles. The van der Waals surface area contributed by atoms with E-state index in [1.165, 1.54) is 6.42 Å². The molecule has 2 unspecified atom stereocenters. The van der Waals surface area contributed by atoms with E-state index in [9.17, 15) is 9.00 Å². The number of likely N-dealkylation sites (tertiary alicyclic amines) is 1. The first-order chi connectivity index (χ1) is 9.50. The van der Waals surface area contributed by atoms with Crippen molar-refractivity contribution in [3.63, 3.8) is 0 Å². The minimum Gasteiger partial charge on any atom is -0.398 e. The highest BCUT2D eigenvalue weighted by atomic mass is 32.2. The van der Waals surface area contributed by atoms with Gasteiger partial charge in [-0.2, -0.15) is 0 Å². The number of nitrogen functional groups attached to an aromatic ring is 1. The number of anilines is 1. The molecule has 1 aliphatic heterocycles. The van der Waals surface area contributed by atoms with Crippen molar-refractivity contribution < 1.29 is 9.00 Å². The number of carbonyl (C=O) groups is 1. The SMILES string of the molecule is Cc1ccc(N)c(S(=O)C(C)C(=O)N2CCCCC2)c1. The van der Waals surface area contributed by atoms with Crippen molar-refractivity contribution in [3.8, 4) is 0 Å². The number of carbonyl (C=O) groups excluding carboxylic acids is 1. The summed E-state index contributed by atoms with van der Waals surface area (Å²) in [5.74, 6) is -0.0241. The molecular formula is C15H22N2O2S. The lowest BCUT2D eigenvalue weighted by Crippen LogP contribution is -2.42. The second-order valence-electron chi connectivity index (χ2n) is 5.37. The molecule has 110 valence electrons. The van der Waals surface area contributed by atoms with Crippen LogP contribution in [0.5, 0.6) is 0 Å². The lowest BCUT2D eigenvalue weighted by Gasteiger charge is -2.29. The minimum absolute atomic E-state index is 0.0241. The van der Waals surface area contributed by atoms with Gasteiger partial charge in [0.05, 0.1) is 15.7 Å². The Bertz CT molecular complexity index is 525. The summed E-state index contributed by atoms with van der Waals surface area (Å²) in [6.45, 7) is 5.22. The van der Waals surface area contributed by atoms with Crippen molar-refractivity contribution in [2.24, 2.45) is 0 Å². The fourth-order valence-corrected chi connectivity index (χ4v) is 3.78. The third kappa shape index (κ3) is 3.20. The van der Waals surface area contributed by atoms with Crippen LogP contribution in [0.2, 0.25) is 0 Å². The summed E-state index contributed by atoms with van der Waals surface area (Å²) in [4.78, 5) is 14.8. The molecule has 0 spiro atoms. The predicted molar refractivity (Wildman–Crippen MR) is 81.9 cm³/mol. The molecule has 2 rings (SSSR count). The van der Waals surface area contributed by atoms with E-state index in [1.54, 1.807) is 13.0 Å². The molecule has 0 radical (unpaired) electrons. The summed E-state index contributed by atoms with van der Waals surface area (Å²) in [6, 6.07) is 5.44. The number of amides is 1. The van der Waals surface area contributed by atoms with E-state index >= 15 is 0 Å². The first-order valence-corrected chi connectivity index (χ1v) is 8.27. The van der Waals surface area contributed by atoms with Crippen molar-refractivity contribution in [2.75, 3.05) is 18.8 Å². The lowest BCUT2D eigenvalue weighted by molar-refractivity contribution is -0.131. The van der Waals surface area contributed by atoms with Crippen LogP contribution in [-0.4, -0.2) is 33.4 Å². The maximum atomic E-state index is 12.6. The van der Waals surface area contributed by atoms with Gasteiger partial charge in [0.25, 0.3) is 0 Å².